The summed E-state index contributed by atoms with van der Waals surface area (Å²) in [5, 5.41) is 3.48. The maximum atomic E-state index is 12.7. The van der Waals surface area contributed by atoms with E-state index in [1.807, 2.05) is 13.8 Å². The van der Waals surface area contributed by atoms with E-state index < -0.39 is 11.9 Å². The van der Waals surface area contributed by atoms with Gasteiger partial charge in [-0.15, -0.1) is 0 Å². The molecule has 1 heterocycles. The van der Waals surface area contributed by atoms with Crippen molar-refractivity contribution < 1.29 is 13.2 Å². The molecule has 1 aromatic rings. The standard InChI is InChI=1S/C10H14F3N3/c1-9(2)6(7(9)14)5-4-16(3)15-8(5)10(11,12)13/h4,6-7H,14H2,1-3H3. The van der Waals surface area contributed by atoms with Crippen molar-refractivity contribution in [3.05, 3.63) is 17.5 Å². The van der Waals surface area contributed by atoms with E-state index in [9.17, 15) is 13.2 Å². The summed E-state index contributed by atoms with van der Waals surface area (Å²) in [6.07, 6.45) is -2.99. The van der Waals surface area contributed by atoms with Crippen LogP contribution in [0.4, 0.5) is 13.2 Å². The molecule has 0 radical (unpaired) electrons. The zero-order chi connectivity index (χ0) is 12.3. The lowest BCUT2D eigenvalue weighted by atomic mass is 10.0. The third-order valence-electron chi connectivity index (χ3n) is 3.37. The number of rotatable bonds is 1. The first-order chi connectivity index (χ1) is 7.15. The van der Waals surface area contributed by atoms with Crippen LogP contribution < -0.4 is 5.73 Å². The summed E-state index contributed by atoms with van der Waals surface area (Å²) in [7, 11) is 1.49. The van der Waals surface area contributed by atoms with Gasteiger partial charge >= 0.3 is 6.18 Å². The number of hydrogen-bond donors (Lipinski definition) is 1. The Morgan fingerprint density at radius 2 is 1.94 bits per heavy atom. The molecule has 0 spiro atoms. The number of alkyl halides is 3. The first-order valence-electron chi connectivity index (χ1n) is 5.02. The topological polar surface area (TPSA) is 43.8 Å². The van der Waals surface area contributed by atoms with Gasteiger partial charge in [0.2, 0.25) is 0 Å². The van der Waals surface area contributed by atoms with Crippen molar-refractivity contribution in [2.75, 3.05) is 0 Å². The van der Waals surface area contributed by atoms with Crippen molar-refractivity contribution in [3.8, 4) is 0 Å². The highest BCUT2D eigenvalue weighted by molar-refractivity contribution is 5.37. The zero-order valence-corrected chi connectivity index (χ0v) is 9.34. The predicted molar refractivity (Wildman–Crippen MR) is 52.7 cm³/mol. The number of nitrogens with zero attached hydrogens (tertiary/aromatic N) is 2. The molecule has 1 saturated carbocycles. The van der Waals surface area contributed by atoms with Gasteiger partial charge < -0.3 is 5.73 Å². The molecule has 16 heavy (non-hydrogen) atoms. The lowest BCUT2D eigenvalue weighted by molar-refractivity contribution is -0.142. The molecule has 90 valence electrons. The summed E-state index contributed by atoms with van der Waals surface area (Å²) in [5.74, 6) is -0.252. The molecule has 1 fully saturated rings. The van der Waals surface area contributed by atoms with E-state index in [4.69, 9.17) is 5.73 Å². The summed E-state index contributed by atoms with van der Waals surface area (Å²) >= 11 is 0. The monoisotopic (exact) mass is 233 g/mol. The van der Waals surface area contributed by atoms with E-state index in [-0.39, 0.29) is 22.9 Å². The van der Waals surface area contributed by atoms with Crippen molar-refractivity contribution in [2.45, 2.75) is 32.0 Å². The van der Waals surface area contributed by atoms with E-state index >= 15 is 0 Å². The molecule has 2 N–H and O–H groups in total. The van der Waals surface area contributed by atoms with Gasteiger partial charge in [-0.3, -0.25) is 4.68 Å². The number of aromatic nitrogens is 2. The van der Waals surface area contributed by atoms with Gasteiger partial charge in [-0.2, -0.15) is 18.3 Å². The van der Waals surface area contributed by atoms with Crippen LogP contribution in [0.25, 0.3) is 0 Å². The SMILES string of the molecule is Cn1cc(C2C(N)C2(C)C)c(C(F)(F)F)n1. The Morgan fingerprint density at radius 3 is 2.31 bits per heavy atom. The molecule has 0 saturated heterocycles. The fraction of sp³-hybridized carbons (Fsp3) is 0.700. The van der Waals surface area contributed by atoms with Crippen LogP contribution in [0.1, 0.15) is 31.0 Å². The summed E-state index contributed by atoms with van der Waals surface area (Å²) < 4.78 is 39.3. The van der Waals surface area contributed by atoms with E-state index in [0.29, 0.717) is 0 Å². The molecule has 3 nitrogen and oxygen atoms in total. The smallest absolute Gasteiger partial charge is 0.327 e. The van der Waals surface area contributed by atoms with E-state index in [1.165, 1.54) is 17.9 Å². The largest absolute Gasteiger partial charge is 0.435 e. The van der Waals surface area contributed by atoms with Gasteiger partial charge in [-0.05, 0) is 5.41 Å². The number of hydrogen-bond acceptors (Lipinski definition) is 2. The number of halogens is 3. The number of aryl methyl sites for hydroxylation is 1. The molecular weight excluding hydrogens is 219 g/mol. The molecule has 2 unspecified atom stereocenters. The minimum absolute atomic E-state index is 0.215. The van der Waals surface area contributed by atoms with Crippen LogP contribution in [0.3, 0.4) is 0 Å². The van der Waals surface area contributed by atoms with Gasteiger partial charge in [0.15, 0.2) is 5.69 Å². The van der Waals surface area contributed by atoms with Crippen molar-refractivity contribution in [2.24, 2.45) is 18.2 Å². The molecule has 0 bridgehead atoms. The van der Waals surface area contributed by atoms with Crippen LogP contribution in [-0.2, 0) is 13.2 Å². The minimum Gasteiger partial charge on any atom is -0.327 e. The Kier molecular flexibility index (Phi) is 2.15. The average Bonchev–Trinajstić information content (AvgIpc) is 2.46. The van der Waals surface area contributed by atoms with Crippen LogP contribution in [0.15, 0.2) is 6.20 Å². The molecular formula is C10H14F3N3. The maximum absolute atomic E-state index is 12.7. The Hall–Kier alpha value is -1.04. The highest BCUT2D eigenvalue weighted by atomic mass is 19.4. The summed E-state index contributed by atoms with van der Waals surface area (Å²) in [5.41, 5.74) is 4.93. The lowest BCUT2D eigenvalue weighted by Crippen LogP contribution is -2.10. The van der Waals surface area contributed by atoms with Gasteiger partial charge in [0.1, 0.15) is 0 Å². The Morgan fingerprint density at radius 1 is 1.44 bits per heavy atom. The molecule has 1 aliphatic rings. The first kappa shape index (κ1) is 11.4. The second kappa shape index (κ2) is 3.00. The average molecular weight is 233 g/mol. The third-order valence-corrected chi connectivity index (χ3v) is 3.37. The van der Waals surface area contributed by atoms with Crippen LogP contribution >= 0.6 is 0 Å². The third kappa shape index (κ3) is 1.52. The molecule has 2 rings (SSSR count). The maximum Gasteiger partial charge on any atom is 0.435 e. The van der Waals surface area contributed by atoms with Gasteiger partial charge in [0, 0.05) is 30.8 Å². The number of nitrogens with two attached hydrogens (primary N) is 1. The fourth-order valence-corrected chi connectivity index (χ4v) is 2.23. The van der Waals surface area contributed by atoms with Gasteiger partial charge in [0.05, 0.1) is 0 Å². The highest BCUT2D eigenvalue weighted by Crippen LogP contribution is 2.58. The highest BCUT2D eigenvalue weighted by Gasteiger charge is 2.59. The van der Waals surface area contributed by atoms with E-state index in [0.717, 1.165) is 0 Å². The Labute approximate surface area is 91.4 Å². The van der Waals surface area contributed by atoms with Crippen molar-refractivity contribution in [1.82, 2.24) is 9.78 Å². The van der Waals surface area contributed by atoms with Crippen LogP contribution in [0, 0.1) is 5.41 Å². The molecule has 0 aromatic carbocycles. The van der Waals surface area contributed by atoms with Gasteiger partial charge in [-0.1, -0.05) is 13.8 Å². The minimum atomic E-state index is -4.41. The van der Waals surface area contributed by atoms with Crippen molar-refractivity contribution in [1.29, 1.82) is 0 Å². The summed E-state index contributed by atoms with van der Waals surface area (Å²) in [6, 6.07) is -0.224. The normalized spacial score (nSPS) is 28.2. The Balaban J connectivity index is 2.43. The Bertz CT molecular complexity index is 419. The lowest BCUT2D eigenvalue weighted by Gasteiger charge is -2.06. The van der Waals surface area contributed by atoms with E-state index in [1.54, 1.807) is 0 Å². The quantitative estimate of drug-likeness (QED) is 0.805. The van der Waals surface area contributed by atoms with Gasteiger partial charge in [0.25, 0.3) is 0 Å². The molecule has 1 aliphatic carbocycles. The second-order valence-corrected chi connectivity index (χ2v) is 4.93. The van der Waals surface area contributed by atoms with Crippen LogP contribution in [0.2, 0.25) is 0 Å². The van der Waals surface area contributed by atoms with Crippen LogP contribution in [-0.4, -0.2) is 15.8 Å². The molecule has 6 heteroatoms. The fourth-order valence-electron chi connectivity index (χ4n) is 2.23. The first-order valence-corrected chi connectivity index (χ1v) is 5.02. The molecule has 2 atom stereocenters. The zero-order valence-electron chi connectivity index (χ0n) is 9.34. The van der Waals surface area contributed by atoms with E-state index in [2.05, 4.69) is 5.10 Å². The van der Waals surface area contributed by atoms with Crippen molar-refractivity contribution >= 4 is 0 Å². The summed E-state index contributed by atoms with van der Waals surface area (Å²) in [4.78, 5) is 0. The van der Waals surface area contributed by atoms with Crippen molar-refractivity contribution in [3.63, 3.8) is 0 Å². The molecule has 0 aliphatic heterocycles. The summed E-state index contributed by atoms with van der Waals surface area (Å²) in [6.45, 7) is 3.74. The van der Waals surface area contributed by atoms with Gasteiger partial charge in [-0.25, -0.2) is 0 Å². The predicted octanol–water partition coefficient (Wildman–Crippen LogP) is 1.89. The molecule has 0 amide bonds. The van der Waals surface area contributed by atoms with Crippen LogP contribution in [0.5, 0.6) is 0 Å². The molecule has 1 aromatic heterocycles. The second-order valence-electron chi connectivity index (χ2n) is 4.93.